The number of benzene rings is 1. The van der Waals surface area contributed by atoms with Crippen molar-refractivity contribution < 1.29 is 4.79 Å². The summed E-state index contributed by atoms with van der Waals surface area (Å²) < 4.78 is 1.76. The van der Waals surface area contributed by atoms with Gasteiger partial charge in [-0.15, -0.1) is 5.10 Å². The Morgan fingerprint density at radius 3 is 2.67 bits per heavy atom. The first-order chi connectivity index (χ1) is 11.5. The molecule has 126 valence electrons. The minimum absolute atomic E-state index is 0.358. The second kappa shape index (κ2) is 6.68. The number of nitrogens with zero attached hydrogens (tertiary/aromatic N) is 3. The summed E-state index contributed by atoms with van der Waals surface area (Å²) in [7, 11) is 0. The second-order valence-corrected chi connectivity index (χ2v) is 6.91. The van der Waals surface area contributed by atoms with E-state index in [1.807, 2.05) is 38.1 Å². The Labute approximate surface area is 145 Å². The third-order valence-corrected chi connectivity index (χ3v) is 4.97. The van der Waals surface area contributed by atoms with Crippen molar-refractivity contribution in [1.82, 2.24) is 14.8 Å². The van der Waals surface area contributed by atoms with Gasteiger partial charge in [0, 0.05) is 11.4 Å². The predicted octanol–water partition coefficient (Wildman–Crippen LogP) is 2.86. The summed E-state index contributed by atoms with van der Waals surface area (Å²) in [6, 6.07) is 7.70. The van der Waals surface area contributed by atoms with E-state index in [1.54, 1.807) is 16.4 Å². The number of nitrogens with one attached hydrogen (secondary N) is 1. The van der Waals surface area contributed by atoms with Crippen molar-refractivity contribution in [3.8, 4) is 0 Å². The molecule has 7 heteroatoms. The van der Waals surface area contributed by atoms with Gasteiger partial charge in [0.15, 0.2) is 0 Å². The lowest BCUT2D eigenvalue weighted by atomic mass is 9.95. The van der Waals surface area contributed by atoms with Crippen LogP contribution in [0.4, 0.5) is 5.95 Å². The van der Waals surface area contributed by atoms with Crippen LogP contribution in [0.15, 0.2) is 40.7 Å². The van der Waals surface area contributed by atoms with Gasteiger partial charge in [-0.2, -0.15) is 4.98 Å². The number of carbonyl (C=O) groups excluding carboxylic acids is 1. The van der Waals surface area contributed by atoms with E-state index in [0.717, 1.165) is 29.0 Å². The monoisotopic (exact) mass is 343 g/mol. The molecule has 24 heavy (non-hydrogen) atoms. The van der Waals surface area contributed by atoms with E-state index in [-0.39, 0.29) is 6.04 Å². The first-order valence-corrected chi connectivity index (χ1v) is 8.93. The number of hydrogen-bond acceptors (Lipinski definition) is 5. The lowest BCUT2D eigenvalue weighted by Crippen LogP contribution is -2.31. The highest BCUT2D eigenvalue weighted by atomic mass is 32.2. The number of aryl methyl sites for hydroxylation is 1. The highest BCUT2D eigenvalue weighted by Crippen LogP contribution is 2.35. The van der Waals surface area contributed by atoms with Crippen molar-refractivity contribution in [3.63, 3.8) is 0 Å². The van der Waals surface area contributed by atoms with E-state index in [0.29, 0.717) is 16.7 Å². The number of primary amides is 1. The van der Waals surface area contributed by atoms with Gasteiger partial charge < -0.3 is 11.1 Å². The fourth-order valence-corrected chi connectivity index (χ4v) is 3.45. The molecule has 1 aromatic heterocycles. The normalized spacial score (nSPS) is 16.7. The van der Waals surface area contributed by atoms with E-state index < -0.39 is 5.91 Å². The summed E-state index contributed by atoms with van der Waals surface area (Å²) in [5, 5.41) is 8.46. The van der Waals surface area contributed by atoms with Crippen LogP contribution in [-0.4, -0.2) is 26.4 Å². The van der Waals surface area contributed by atoms with Gasteiger partial charge in [-0.3, -0.25) is 4.79 Å². The quantitative estimate of drug-likeness (QED) is 0.815. The van der Waals surface area contributed by atoms with Gasteiger partial charge >= 0.3 is 0 Å². The van der Waals surface area contributed by atoms with E-state index in [2.05, 4.69) is 22.3 Å². The summed E-state index contributed by atoms with van der Waals surface area (Å²) in [6.45, 7) is 5.99. The van der Waals surface area contributed by atoms with Crippen molar-refractivity contribution in [2.24, 2.45) is 5.73 Å². The van der Waals surface area contributed by atoms with Crippen LogP contribution in [-0.2, 0) is 4.79 Å². The molecule has 1 atom stereocenters. The molecule has 0 fully saturated rings. The van der Waals surface area contributed by atoms with Crippen molar-refractivity contribution in [2.45, 2.75) is 38.4 Å². The van der Waals surface area contributed by atoms with Crippen LogP contribution in [0.25, 0.3) is 0 Å². The summed E-state index contributed by atoms with van der Waals surface area (Å²) in [5.41, 5.74) is 9.02. The fraction of sp³-hybridized carbons (Fsp3) is 0.353. The fourth-order valence-electron chi connectivity index (χ4n) is 2.76. The SMILES string of the molecule is CCCSc1nc2n(n1)C(c1ccc(C)cc1)C(C(N)=O)=C(C)N2. The third kappa shape index (κ3) is 3.03. The number of aromatic nitrogens is 3. The average Bonchev–Trinajstić information content (AvgIpc) is 2.94. The zero-order valence-corrected chi connectivity index (χ0v) is 14.9. The van der Waals surface area contributed by atoms with Gasteiger partial charge in [0.05, 0.1) is 5.57 Å². The second-order valence-electron chi connectivity index (χ2n) is 5.85. The Hall–Kier alpha value is -2.28. The van der Waals surface area contributed by atoms with Gasteiger partial charge in [0.25, 0.3) is 0 Å². The molecule has 1 aliphatic rings. The van der Waals surface area contributed by atoms with Gasteiger partial charge in [0.1, 0.15) is 6.04 Å². The van der Waals surface area contributed by atoms with Crippen molar-refractivity contribution in [1.29, 1.82) is 0 Å². The van der Waals surface area contributed by atoms with Crippen LogP contribution in [0.2, 0.25) is 0 Å². The minimum atomic E-state index is -0.450. The van der Waals surface area contributed by atoms with Gasteiger partial charge in [-0.05, 0) is 25.8 Å². The molecular weight excluding hydrogens is 322 g/mol. The number of thioether (sulfide) groups is 1. The molecule has 6 nitrogen and oxygen atoms in total. The number of nitrogens with two attached hydrogens (primary N) is 1. The summed E-state index contributed by atoms with van der Waals surface area (Å²) in [4.78, 5) is 16.6. The number of amides is 1. The number of rotatable bonds is 5. The van der Waals surface area contributed by atoms with Gasteiger partial charge in [0.2, 0.25) is 17.0 Å². The molecule has 3 rings (SSSR count). The molecule has 2 heterocycles. The number of allylic oxidation sites excluding steroid dienone is 1. The van der Waals surface area contributed by atoms with Crippen molar-refractivity contribution in [2.75, 3.05) is 11.1 Å². The van der Waals surface area contributed by atoms with Crippen LogP contribution in [0.1, 0.15) is 37.4 Å². The first kappa shape index (κ1) is 16.6. The molecule has 0 saturated carbocycles. The Morgan fingerprint density at radius 2 is 2.04 bits per heavy atom. The molecule has 0 radical (unpaired) electrons. The summed E-state index contributed by atoms with van der Waals surface area (Å²) in [5.74, 6) is 1.14. The smallest absolute Gasteiger partial charge is 0.248 e. The van der Waals surface area contributed by atoms with Crippen molar-refractivity contribution >= 4 is 23.6 Å². The number of fused-ring (bicyclic) bond motifs is 1. The van der Waals surface area contributed by atoms with Crippen LogP contribution in [0, 0.1) is 6.92 Å². The third-order valence-electron chi connectivity index (χ3n) is 3.93. The maximum atomic E-state index is 12.1. The van der Waals surface area contributed by atoms with E-state index >= 15 is 0 Å². The van der Waals surface area contributed by atoms with E-state index in [4.69, 9.17) is 5.73 Å². The standard InChI is InChI=1S/C17H21N5OS/c1-4-9-24-17-20-16-19-11(3)13(15(18)23)14(22(16)21-17)12-7-5-10(2)6-8-12/h5-8,14H,4,9H2,1-3H3,(H2,18,23)(H,19,20,21). The zero-order chi connectivity index (χ0) is 17.3. The molecule has 1 amide bonds. The Bertz CT molecular complexity index is 794. The van der Waals surface area contributed by atoms with Gasteiger partial charge in [-0.25, -0.2) is 4.68 Å². The van der Waals surface area contributed by atoms with Crippen molar-refractivity contribution in [3.05, 3.63) is 46.7 Å². The average molecular weight is 343 g/mol. The molecule has 0 spiro atoms. The lowest BCUT2D eigenvalue weighted by molar-refractivity contribution is -0.115. The topological polar surface area (TPSA) is 85.8 Å². The molecule has 0 saturated heterocycles. The maximum absolute atomic E-state index is 12.1. The highest BCUT2D eigenvalue weighted by Gasteiger charge is 2.33. The Balaban J connectivity index is 2.09. The molecule has 1 aromatic carbocycles. The Morgan fingerprint density at radius 1 is 1.33 bits per heavy atom. The maximum Gasteiger partial charge on any atom is 0.248 e. The lowest BCUT2D eigenvalue weighted by Gasteiger charge is -2.27. The number of anilines is 1. The van der Waals surface area contributed by atoms with E-state index in [9.17, 15) is 4.79 Å². The first-order valence-electron chi connectivity index (χ1n) is 7.94. The van der Waals surface area contributed by atoms with E-state index in [1.165, 1.54) is 0 Å². The largest absolute Gasteiger partial charge is 0.366 e. The van der Waals surface area contributed by atoms with Crippen LogP contribution >= 0.6 is 11.8 Å². The molecule has 1 aliphatic heterocycles. The molecule has 0 bridgehead atoms. The minimum Gasteiger partial charge on any atom is -0.366 e. The van der Waals surface area contributed by atoms with Crippen LogP contribution in [0.3, 0.4) is 0 Å². The summed E-state index contributed by atoms with van der Waals surface area (Å²) in [6.07, 6.45) is 1.05. The molecule has 3 N–H and O–H groups in total. The summed E-state index contributed by atoms with van der Waals surface area (Å²) >= 11 is 1.61. The number of carbonyl (C=O) groups is 1. The Kier molecular flexibility index (Phi) is 4.62. The zero-order valence-electron chi connectivity index (χ0n) is 14.0. The van der Waals surface area contributed by atoms with Gasteiger partial charge in [-0.1, -0.05) is 48.5 Å². The molecule has 0 aliphatic carbocycles. The molecule has 1 unspecified atom stereocenters. The van der Waals surface area contributed by atoms with Crippen LogP contribution < -0.4 is 11.1 Å². The molecule has 2 aromatic rings. The van der Waals surface area contributed by atoms with Crippen LogP contribution in [0.5, 0.6) is 0 Å². The molecular formula is C17H21N5OS. The number of hydrogen-bond donors (Lipinski definition) is 2. The predicted molar refractivity (Wildman–Crippen MR) is 95.9 cm³/mol. The highest BCUT2D eigenvalue weighted by molar-refractivity contribution is 7.99.